The molecular weight excluding hydrogens is 344 g/mol. The van der Waals surface area contributed by atoms with E-state index in [9.17, 15) is 9.59 Å². The van der Waals surface area contributed by atoms with Crippen molar-refractivity contribution < 1.29 is 14.3 Å². The second-order valence-corrected chi connectivity index (χ2v) is 6.98. The number of hydrogen-bond donors (Lipinski definition) is 1. The van der Waals surface area contributed by atoms with E-state index in [1.165, 1.54) is 0 Å². The fourth-order valence-electron chi connectivity index (χ4n) is 3.26. The summed E-state index contributed by atoms with van der Waals surface area (Å²) in [4.78, 5) is 34.7. The van der Waals surface area contributed by atoms with Crippen LogP contribution >= 0.6 is 0 Å². The van der Waals surface area contributed by atoms with Gasteiger partial charge >= 0.3 is 6.01 Å². The fourth-order valence-corrected chi connectivity index (χ4v) is 3.26. The van der Waals surface area contributed by atoms with E-state index in [1.807, 2.05) is 26.8 Å². The smallest absolute Gasteiger partial charge is 0.321 e. The number of carbonyl (C=O) groups is 2. The maximum atomic E-state index is 12.9. The normalized spacial score (nSPS) is 15.1. The van der Waals surface area contributed by atoms with Gasteiger partial charge in [-0.2, -0.15) is 0 Å². The third kappa shape index (κ3) is 4.42. The van der Waals surface area contributed by atoms with Crippen molar-refractivity contribution in [3.63, 3.8) is 0 Å². The number of likely N-dealkylation sites (tertiary alicyclic amines) is 1. The van der Waals surface area contributed by atoms with Crippen LogP contribution in [0.5, 0.6) is 11.8 Å². The molecule has 142 valence electrons. The molecule has 0 bridgehead atoms. The molecule has 0 spiro atoms. The van der Waals surface area contributed by atoms with Crippen LogP contribution in [0.4, 0.5) is 5.69 Å². The van der Waals surface area contributed by atoms with Crippen molar-refractivity contribution in [2.24, 2.45) is 5.92 Å². The first-order valence-electron chi connectivity index (χ1n) is 9.11. The van der Waals surface area contributed by atoms with E-state index in [2.05, 4.69) is 15.3 Å². The highest BCUT2D eigenvalue weighted by Crippen LogP contribution is 2.26. The first-order valence-corrected chi connectivity index (χ1v) is 9.11. The lowest BCUT2D eigenvalue weighted by atomic mass is 10.0. The SMILES string of the molecule is Cc1cc(Oc2ncccn2)ccc1NC(=O)C(C(C)C)N1CCCC1=O. The van der Waals surface area contributed by atoms with Gasteiger partial charge in [-0.1, -0.05) is 13.8 Å². The maximum absolute atomic E-state index is 12.9. The molecule has 1 aromatic carbocycles. The van der Waals surface area contributed by atoms with Crippen LogP contribution in [0.25, 0.3) is 0 Å². The third-order valence-electron chi connectivity index (χ3n) is 4.55. The Hall–Kier alpha value is -2.96. The van der Waals surface area contributed by atoms with Crippen molar-refractivity contribution in [1.29, 1.82) is 0 Å². The van der Waals surface area contributed by atoms with Crippen LogP contribution in [0.2, 0.25) is 0 Å². The van der Waals surface area contributed by atoms with Crippen molar-refractivity contribution in [2.45, 2.75) is 39.7 Å². The van der Waals surface area contributed by atoms with Crippen molar-refractivity contribution in [2.75, 3.05) is 11.9 Å². The zero-order chi connectivity index (χ0) is 19.4. The van der Waals surface area contributed by atoms with E-state index in [0.29, 0.717) is 24.4 Å². The number of aromatic nitrogens is 2. The number of ether oxygens (including phenoxy) is 1. The van der Waals surface area contributed by atoms with Crippen molar-refractivity contribution in [3.05, 3.63) is 42.2 Å². The lowest BCUT2D eigenvalue weighted by Crippen LogP contribution is -2.48. The first kappa shape index (κ1) is 18.8. The highest BCUT2D eigenvalue weighted by molar-refractivity contribution is 5.98. The molecule has 7 heteroatoms. The molecule has 2 aromatic rings. The number of anilines is 1. The van der Waals surface area contributed by atoms with Gasteiger partial charge in [-0.25, -0.2) is 9.97 Å². The average molecular weight is 368 g/mol. The standard InChI is InChI=1S/C20H24N4O3/c1-13(2)18(24-11-4-6-17(24)25)19(26)23-16-8-7-15(12-14(16)3)27-20-21-9-5-10-22-20/h5,7-10,12-13,18H,4,6,11H2,1-3H3,(H,23,26). The van der Waals surface area contributed by atoms with Crippen molar-refractivity contribution in [3.8, 4) is 11.8 Å². The van der Waals surface area contributed by atoms with Gasteiger partial charge in [-0.3, -0.25) is 9.59 Å². The number of rotatable bonds is 6. The molecule has 1 saturated heterocycles. The summed E-state index contributed by atoms with van der Waals surface area (Å²) in [6.45, 7) is 6.44. The van der Waals surface area contributed by atoms with E-state index >= 15 is 0 Å². The Balaban J connectivity index is 1.72. The first-order chi connectivity index (χ1) is 13.0. The van der Waals surface area contributed by atoms with Gasteiger partial charge in [-0.15, -0.1) is 0 Å². The number of hydrogen-bond acceptors (Lipinski definition) is 5. The number of nitrogens with zero attached hydrogens (tertiary/aromatic N) is 3. The molecule has 0 saturated carbocycles. The Morgan fingerprint density at radius 2 is 2.00 bits per heavy atom. The Bertz CT molecular complexity index is 823. The molecule has 3 rings (SSSR count). The summed E-state index contributed by atoms with van der Waals surface area (Å²) in [5.41, 5.74) is 1.55. The van der Waals surface area contributed by atoms with E-state index in [1.54, 1.807) is 35.5 Å². The van der Waals surface area contributed by atoms with Gasteiger partial charge in [0.2, 0.25) is 11.8 Å². The Kier molecular flexibility index (Phi) is 5.69. The minimum atomic E-state index is -0.465. The van der Waals surface area contributed by atoms with Crippen LogP contribution in [-0.2, 0) is 9.59 Å². The van der Waals surface area contributed by atoms with E-state index in [-0.39, 0.29) is 23.7 Å². The van der Waals surface area contributed by atoms with Crippen LogP contribution in [0, 0.1) is 12.8 Å². The summed E-state index contributed by atoms with van der Waals surface area (Å²) < 4.78 is 5.61. The summed E-state index contributed by atoms with van der Waals surface area (Å²) in [5, 5.41) is 2.96. The summed E-state index contributed by atoms with van der Waals surface area (Å²) in [7, 11) is 0. The van der Waals surface area contributed by atoms with Gasteiger partial charge in [0, 0.05) is 31.0 Å². The predicted octanol–water partition coefficient (Wildman–Crippen LogP) is 3.16. The topological polar surface area (TPSA) is 84.4 Å². The molecule has 27 heavy (non-hydrogen) atoms. The summed E-state index contributed by atoms with van der Waals surface area (Å²) in [5.74, 6) is 0.507. The fraction of sp³-hybridized carbons (Fsp3) is 0.400. The lowest BCUT2D eigenvalue weighted by Gasteiger charge is -2.30. The van der Waals surface area contributed by atoms with Gasteiger partial charge in [-0.05, 0) is 49.1 Å². The molecular formula is C20H24N4O3. The Morgan fingerprint density at radius 3 is 2.59 bits per heavy atom. The molecule has 2 heterocycles. The molecule has 1 N–H and O–H groups in total. The zero-order valence-corrected chi connectivity index (χ0v) is 15.8. The minimum Gasteiger partial charge on any atom is -0.424 e. The summed E-state index contributed by atoms with van der Waals surface area (Å²) in [6, 6.07) is 6.87. The van der Waals surface area contributed by atoms with Gasteiger partial charge in [0.15, 0.2) is 0 Å². The predicted molar refractivity (Wildman–Crippen MR) is 101 cm³/mol. The molecule has 1 aliphatic heterocycles. The van der Waals surface area contributed by atoms with Gasteiger partial charge in [0.1, 0.15) is 11.8 Å². The van der Waals surface area contributed by atoms with Crippen molar-refractivity contribution in [1.82, 2.24) is 14.9 Å². The van der Waals surface area contributed by atoms with Crippen LogP contribution in [0.1, 0.15) is 32.3 Å². The largest absolute Gasteiger partial charge is 0.424 e. The molecule has 7 nitrogen and oxygen atoms in total. The second kappa shape index (κ2) is 8.16. The zero-order valence-electron chi connectivity index (χ0n) is 15.8. The minimum absolute atomic E-state index is 0.0326. The quantitative estimate of drug-likeness (QED) is 0.847. The third-order valence-corrected chi connectivity index (χ3v) is 4.55. The molecule has 1 unspecified atom stereocenters. The number of carbonyl (C=O) groups excluding carboxylic acids is 2. The average Bonchev–Trinajstić information content (AvgIpc) is 3.04. The number of amides is 2. The van der Waals surface area contributed by atoms with Crippen LogP contribution < -0.4 is 10.1 Å². The van der Waals surface area contributed by atoms with E-state index < -0.39 is 6.04 Å². The lowest BCUT2D eigenvalue weighted by molar-refractivity contribution is -0.136. The monoisotopic (exact) mass is 368 g/mol. The number of aryl methyl sites for hydroxylation is 1. The maximum Gasteiger partial charge on any atom is 0.321 e. The van der Waals surface area contributed by atoms with Crippen molar-refractivity contribution >= 4 is 17.5 Å². The molecule has 1 fully saturated rings. The molecule has 0 radical (unpaired) electrons. The number of nitrogens with one attached hydrogen (secondary N) is 1. The van der Waals surface area contributed by atoms with Gasteiger partial charge < -0.3 is 15.0 Å². The Labute approximate surface area is 158 Å². The van der Waals surface area contributed by atoms with Crippen LogP contribution in [-0.4, -0.2) is 39.3 Å². The van der Waals surface area contributed by atoms with E-state index in [0.717, 1.165) is 12.0 Å². The van der Waals surface area contributed by atoms with Crippen LogP contribution in [0.3, 0.4) is 0 Å². The Morgan fingerprint density at radius 1 is 1.26 bits per heavy atom. The van der Waals surface area contributed by atoms with Gasteiger partial charge in [0.25, 0.3) is 0 Å². The molecule has 1 atom stereocenters. The molecule has 2 amide bonds. The summed E-state index contributed by atoms with van der Waals surface area (Å²) in [6.07, 6.45) is 4.54. The summed E-state index contributed by atoms with van der Waals surface area (Å²) >= 11 is 0. The second-order valence-electron chi connectivity index (χ2n) is 6.98. The molecule has 1 aromatic heterocycles. The molecule has 0 aliphatic carbocycles. The van der Waals surface area contributed by atoms with E-state index in [4.69, 9.17) is 4.74 Å². The van der Waals surface area contributed by atoms with Crippen LogP contribution in [0.15, 0.2) is 36.7 Å². The number of benzene rings is 1. The molecule has 1 aliphatic rings. The highest BCUT2D eigenvalue weighted by Gasteiger charge is 2.35. The highest BCUT2D eigenvalue weighted by atomic mass is 16.5. The van der Waals surface area contributed by atoms with Gasteiger partial charge in [0.05, 0.1) is 0 Å².